The van der Waals surface area contributed by atoms with Crippen LogP contribution in [0.5, 0.6) is 0 Å². The van der Waals surface area contributed by atoms with Crippen LogP contribution in [0.1, 0.15) is 19.8 Å². The second-order valence-electron chi connectivity index (χ2n) is 4.78. The largest absolute Gasteiger partial charge is 0.302 e. The molecule has 6 heteroatoms. The van der Waals surface area contributed by atoms with Gasteiger partial charge in [0.25, 0.3) is 0 Å². The van der Waals surface area contributed by atoms with Crippen LogP contribution in [0.4, 0.5) is 4.39 Å². The number of hydrogen-bond acceptors (Lipinski definition) is 3. The highest BCUT2D eigenvalue weighted by atomic mass is 32.2. The van der Waals surface area contributed by atoms with E-state index in [-0.39, 0.29) is 10.9 Å². The molecule has 19 heavy (non-hydrogen) atoms. The van der Waals surface area contributed by atoms with Crippen molar-refractivity contribution in [2.45, 2.75) is 30.7 Å². The number of nitrogens with zero attached hydrogens (tertiary/aromatic N) is 1. The Morgan fingerprint density at radius 3 is 2.84 bits per heavy atom. The van der Waals surface area contributed by atoms with Crippen LogP contribution >= 0.6 is 0 Å². The maximum Gasteiger partial charge on any atom is 0.243 e. The molecule has 0 spiro atoms. The number of sulfonamides is 1. The summed E-state index contributed by atoms with van der Waals surface area (Å²) in [5, 5.41) is 0. The van der Waals surface area contributed by atoms with Crippen LogP contribution in [0.3, 0.4) is 0 Å². The summed E-state index contributed by atoms with van der Waals surface area (Å²) < 4.78 is 40.5. The van der Waals surface area contributed by atoms with Crippen LogP contribution in [-0.2, 0) is 10.0 Å². The molecule has 4 nitrogen and oxygen atoms in total. The molecule has 0 saturated carbocycles. The third-order valence-corrected chi connectivity index (χ3v) is 4.95. The molecule has 0 amide bonds. The van der Waals surface area contributed by atoms with Gasteiger partial charge in [0, 0.05) is 12.6 Å². The summed E-state index contributed by atoms with van der Waals surface area (Å²) in [7, 11) is -3.77. The Kier molecular flexibility index (Phi) is 4.54. The number of hydrogen-bond donors (Lipinski definition) is 1. The summed E-state index contributed by atoms with van der Waals surface area (Å²) in [6.45, 7) is 4.63. The number of likely N-dealkylation sites (N-methyl/N-ethyl adjacent to an activating group) is 1. The highest BCUT2D eigenvalue weighted by Gasteiger charge is 2.26. The molecule has 106 valence electrons. The fraction of sp³-hybridized carbons (Fsp3) is 0.538. The predicted octanol–water partition coefficient (Wildman–Crippen LogP) is 1.59. The van der Waals surface area contributed by atoms with E-state index in [1.54, 1.807) is 0 Å². The zero-order valence-electron chi connectivity index (χ0n) is 11.0. The zero-order chi connectivity index (χ0) is 13.9. The van der Waals surface area contributed by atoms with Crippen LogP contribution in [0, 0.1) is 5.82 Å². The van der Waals surface area contributed by atoms with Gasteiger partial charge in [-0.3, -0.25) is 0 Å². The lowest BCUT2D eigenvalue weighted by atomic mass is 10.1. The third kappa shape index (κ3) is 3.52. The molecule has 1 N–H and O–H groups in total. The van der Waals surface area contributed by atoms with Crippen LogP contribution in [-0.4, -0.2) is 39.0 Å². The topological polar surface area (TPSA) is 49.4 Å². The van der Waals surface area contributed by atoms with Crippen LogP contribution in [0.2, 0.25) is 0 Å². The molecule has 0 bridgehead atoms. The van der Waals surface area contributed by atoms with Gasteiger partial charge in [0.05, 0.1) is 0 Å². The lowest BCUT2D eigenvalue weighted by molar-refractivity contribution is 0.211. The molecular weight excluding hydrogens is 267 g/mol. The number of halogens is 1. The highest BCUT2D eigenvalue weighted by Crippen LogP contribution is 2.16. The van der Waals surface area contributed by atoms with Gasteiger partial charge < -0.3 is 4.90 Å². The van der Waals surface area contributed by atoms with Crippen molar-refractivity contribution in [3.63, 3.8) is 0 Å². The zero-order valence-corrected chi connectivity index (χ0v) is 11.8. The Morgan fingerprint density at radius 1 is 1.42 bits per heavy atom. The van der Waals surface area contributed by atoms with Crippen molar-refractivity contribution < 1.29 is 12.8 Å². The monoisotopic (exact) mass is 286 g/mol. The van der Waals surface area contributed by atoms with Gasteiger partial charge >= 0.3 is 0 Å². The quantitative estimate of drug-likeness (QED) is 0.914. The normalized spacial score (nSPS) is 21.5. The smallest absolute Gasteiger partial charge is 0.243 e. The Hall–Kier alpha value is -0.980. The van der Waals surface area contributed by atoms with Gasteiger partial charge in [0.1, 0.15) is 10.7 Å². The SMILES string of the molecule is CCN1CCCC(NS(=O)(=O)c2ccccc2F)C1. The van der Waals surface area contributed by atoms with E-state index >= 15 is 0 Å². The van der Waals surface area contributed by atoms with Gasteiger partial charge in [-0.15, -0.1) is 0 Å². The van der Waals surface area contributed by atoms with Crippen LogP contribution in [0.15, 0.2) is 29.2 Å². The summed E-state index contributed by atoms with van der Waals surface area (Å²) >= 11 is 0. The third-order valence-electron chi connectivity index (χ3n) is 3.40. The lowest BCUT2D eigenvalue weighted by Crippen LogP contribution is -2.47. The summed E-state index contributed by atoms with van der Waals surface area (Å²) in [6, 6.07) is 5.31. The van der Waals surface area contributed by atoms with E-state index < -0.39 is 15.8 Å². The molecule has 1 atom stereocenters. The van der Waals surface area contributed by atoms with Crippen molar-refractivity contribution >= 4 is 10.0 Å². The van der Waals surface area contributed by atoms with Gasteiger partial charge in [-0.2, -0.15) is 0 Å². The van der Waals surface area contributed by atoms with Crippen molar-refractivity contribution in [1.29, 1.82) is 0 Å². The van der Waals surface area contributed by atoms with Gasteiger partial charge in [0.2, 0.25) is 10.0 Å². The van der Waals surface area contributed by atoms with Gasteiger partial charge in [-0.1, -0.05) is 19.1 Å². The van der Waals surface area contributed by atoms with E-state index in [4.69, 9.17) is 0 Å². The van der Waals surface area contributed by atoms with E-state index in [1.165, 1.54) is 18.2 Å². The summed E-state index contributed by atoms with van der Waals surface area (Å²) in [6.07, 6.45) is 1.75. The average molecular weight is 286 g/mol. The maximum absolute atomic E-state index is 13.6. The molecule has 0 aromatic heterocycles. The van der Waals surface area contributed by atoms with Crippen LogP contribution in [0.25, 0.3) is 0 Å². The van der Waals surface area contributed by atoms with E-state index in [1.807, 2.05) is 6.92 Å². The molecule has 1 fully saturated rings. The highest BCUT2D eigenvalue weighted by molar-refractivity contribution is 7.89. The van der Waals surface area contributed by atoms with Crippen molar-refractivity contribution in [2.24, 2.45) is 0 Å². The fourth-order valence-corrected chi connectivity index (χ4v) is 3.73. The van der Waals surface area contributed by atoms with Crippen LogP contribution < -0.4 is 4.72 Å². The van der Waals surface area contributed by atoms with Gasteiger partial charge in [-0.25, -0.2) is 17.5 Å². The molecule has 1 aliphatic heterocycles. The second-order valence-corrected chi connectivity index (χ2v) is 6.47. The van der Waals surface area contributed by atoms with E-state index in [0.29, 0.717) is 6.54 Å². The molecule has 0 radical (unpaired) electrons. The Morgan fingerprint density at radius 2 is 2.16 bits per heavy atom. The molecule has 2 rings (SSSR count). The molecule has 1 heterocycles. The molecule has 1 unspecified atom stereocenters. The van der Waals surface area contributed by atoms with Crippen molar-refractivity contribution in [3.05, 3.63) is 30.1 Å². The summed E-state index contributed by atoms with van der Waals surface area (Å²) in [5.41, 5.74) is 0. The van der Waals surface area contributed by atoms with E-state index in [9.17, 15) is 12.8 Å². The maximum atomic E-state index is 13.6. The second kappa shape index (κ2) is 5.98. The standard InChI is InChI=1S/C13H19FN2O2S/c1-2-16-9-5-6-11(10-16)15-19(17,18)13-8-4-3-7-12(13)14/h3-4,7-8,11,15H,2,5-6,9-10H2,1H3. The number of rotatable bonds is 4. The minimum absolute atomic E-state index is 0.140. The summed E-state index contributed by atoms with van der Waals surface area (Å²) in [5.74, 6) is -0.710. The first-order valence-corrected chi connectivity index (χ1v) is 8.00. The Balaban J connectivity index is 2.11. The lowest BCUT2D eigenvalue weighted by Gasteiger charge is -2.32. The first-order valence-electron chi connectivity index (χ1n) is 6.52. The number of piperidine rings is 1. The number of likely N-dealkylation sites (tertiary alicyclic amines) is 1. The Bertz CT molecular complexity index is 533. The fourth-order valence-electron chi connectivity index (χ4n) is 2.38. The minimum Gasteiger partial charge on any atom is -0.302 e. The number of nitrogens with one attached hydrogen (secondary N) is 1. The average Bonchev–Trinajstić information content (AvgIpc) is 2.38. The Labute approximate surface area is 113 Å². The molecular formula is C13H19FN2O2S. The molecule has 1 saturated heterocycles. The predicted molar refractivity (Wildman–Crippen MR) is 71.9 cm³/mol. The molecule has 1 aromatic carbocycles. The van der Waals surface area contributed by atoms with Crippen molar-refractivity contribution in [2.75, 3.05) is 19.6 Å². The first kappa shape index (κ1) is 14.4. The molecule has 1 aromatic rings. The molecule has 1 aliphatic rings. The number of benzene rings is 1. The van der Waals surface area contributed by atoms with Gasteiger partial charge in [0.15, 0.2) is 0 Å². The van der Waals surface area contributed by atoms with E-state index in [0.717, 1.165) is 32.0 Å². The molecule has 0 aliphatic carbocycles. The van der Waals surface area contributed by atoms with E-state index in [2.05, 4.69) is 9.62 Å². The minimum atomic E-state index is -3.77. The summed E-state index contributed by atoms with van der Waals surface area (Å²) in [4.78, 5) is 1.92. The van der Waals surface area contributed by atoms with Crippen molar-refractivity contribution in [1.82, 2.24) is 9.62 Å². The van der Waals surface area contributed by atoms with Crippen molar-refractivity contribution in [3.8, 4) is 0 Å². The van der Waals surface area contributed by atoms with Gasteiger partial charge in [-0.05, 0) is 38.1 Å². The first-order chi connectivity index (χ1) is 9.03.